The van der Waals surface area contributed by atoms with Crippen molar-refractivity contribution in [3.8, 4) is 0 Å². The van der Waals surface area contributed by atoms with Crippen molar-refractivity contribution in [2.24, 2.45) is 10.2 Å². The summed E-state index contributed by atoms with van der Waals surface area (Å²) in [6.45, 7) is 0. The lowest BCUT2D eigenvalue weighted by Crippen LogP contribution is -2.27. The van der Waals surface area contributed by atoms with Gasteiger partial charge in [-0.2, -0.15) is 10.2 Å². The van der Waals surface area contributed by atoms with Gasteiger partial charge in [0.25, 0.3) is 0 Å². The molecule has 0 aliphatic heterocycles. The van der Waals surface area contributed by atoms with Gasteiger partial charge in [0, 0.05) is 11.1 Å². The summed E-state index contributed by atoms with van der Waals surface area (Å²) in [5, 5.41) is 12.2. The van der Waals surface area contributed by atoms with Gasteiger partial charge >= 0.3 is 0 Å². The van der Waals surface area contributed by atoms with Crippen LogP contribution in [0.3, 0.4) is 0 Å². The molecule has 4 rings (SSSR count). The summed E-state index contributed by atoms with van der Waals surface area (Å²) in [5.74, 6) is -1.04. The molecule has 0 aliphatic carbocycles. The Kier molecular flexibility index (Phi) is 6.09. The molecule has 0 heterocycles. The molecule has 4 aromatic carbocycles. The molecule has 6 heteroatoms. The number of benzene rings is 4. The van der Waals surface area contributed by atoms with Crippen LogP contribution >= 0.6 is 0 Å². The van der Waals surface area contributed by atoms with E-state index in [1.165, 1.54) is 0 Å². The molecule has 0 saturated carbocycles. The van der Waals surface area contributed by atoms with E-state index in [0.29, 0.717) is 0 Å². The lowest BCUT2D eigenvalue weighted by Gasteiger charge is -2.03. The molecular formula is C25H20N4O2. The first kappa shape index (κ1) is 20.0. The van der Waals surface area contributed by atoms with E-state index < -0.39 is 11.8 Å². The standard InChI is InChI=1S/C25H20N4O2/c30-24(28-26-16-20-11-5-9-18-7-1-3-13-22(18)20)15-25(31)29-27-17-21-12-6-10-19-8-2-4-14-23(19)21/h1-14,16-17H,15H2,(H,28,30)(H,29,31)/b26-16+,27-17+. The predicted molar refractivity (Wildman–Crippen MR) is 124 cm³/mol. The number of hydrogen-bond donors (Lipinski definition) is 2. The zero-order valence-corrected chi connectivity index (χ0v) is 16.7. The fraction of sp³-hybridized carbons (Fsp3) is 0.0400. The minimum absolute atomic E-state index is 0.375. The van der Waals surface area contributed by atoms with Gasteiger partial charge in [0.05, 0.1) is 12.4 Å². The Bertz CT molecular complexity index is 1200. The van der Waals surface area contributed by atoms with E-state index in [0.717, 1.165) is 32.7 Å². The molecule has 4 aromatic rings. The second kappa shape index (κ2) is 9.45. The van der Waals surface area contributed by atoms with Crippen LogP contribution in [0.2, 0.25) is 0 Å². The second-order valence-corrected chi connectivity index (χ2v) is 6.90. The van der Waals surface area contributed by atoms with Crippen LogP contribution in [0.1, 0.15) is 17.5 Å². The van der Waals surface area contributed by atoms with E-state index in [1.54, 1.807) is 12.4 Å². The summed E-state index contributed by atoms with van der Waals surface area (Å²) in [6, 6.07) is 27.5. The van der Waals surface area contributed by atoms with Crippen molar-refractivity contribution < 1.29 is 9.59 Å². The molecular weight excluding hydrogens is 388 g/mol. The van der Waals surface area contributed by atoms with Crippen LogP contribution in [-0.2, 0) is 9.59 Å². The highest BCUT2D eigenvalue weighted by molar-refractivity contribution is 6.02. The molecule has 152 valence electrons. The summed E-state index contributed by atoms with van der Waals surface area (Å²) >= 11 is 0. The third-order valence-electron chi connectivity index (χ3n) is 4.75. The monoisotopic (exact) mass is 408 g/mol. The average Bonchev–Trinajstić information content (AvgIpc) is 2.79. The van der Waals surface area contributed by atoms with Crippen LogP contribution in [0.15, 0.2) is 95.1 Å². The molecule has 0 atom stereocenters. The van der Waals surface area contributed by atoms with Crippen LogP contribution in [0.4, 0.5) is 0 Å². The highest BCUT2D eigenvalue weighted by Gasteiger charge is 2.07. The number of amides is 2. The lowest BCUT2D eigenvalue weighted by molar-refractivity contribution is -0.129. The molecule has 0 saturated heterocycles. The van der Waals surface area contributed by atoms with Gasteiger partial charge in [-0.1, -0.05) is 84.9 Å². The van der Waals surface area contributed by atoms with Crippen molar-refractivity contribution in [3.63, 3.8) is 0 Å². The number of carbonyl (C=O) groups excluding carboxylic acids is 2. The number of nitrogens with one attached hydrogen (secondary N) is 2. The van der Waals surface area contributed by atoms with Gasteiger partial charge in [0.2, 0.25) is 11.8 Å². The van der Waals surface area contributed by atoms with Crippen molar-refractivity contribution in [3.05, 3.63) is 96.1 Å². The van der Waals surface area contributed by atoms with Gasteiger partial charge in [-0.25, -0.2) is 10.9 Å². The van der Waals surface area contributed by atoms with E-state index in [2.05, 4.69) is 21.1 Å². The SMILES string of the molecule is O=C(CC(=O)N/N=C/c1cccc2ccccc12)N/N=C/c1cccc2ccccc12. The number of carbonyl (C=O) groups is 2. The Balaban J connectivity index is 1.31. The summed E-state index contributed by atoms with van der Waals surface area (Å²) in [7, 11) is 0. The summed E-state index contributed by atoms with van der Waals surface area (Å²) < 4.78 is 0. The zero-order chi connectivity index (χ0) is 21.5. The third-order valence-corrected chi connectivity index (χ3v) is 4.75. The smallest absolute Gasteiger partial charge is 0.249 e. The summed E-state index contributed by atoms with van der Waals surface area (Å²) in [5.41, 5.74) is 6.51. The maximum atomic E-state index is 12.0. The highest BCUT2D eigenvalue weighted by atomic mass is 16.2. The molecule has 0 spiro atoms. The van der Waals surface area contributed by atoms with Gasteiger partial charge in [0.15, 0.2) is 0 Å². The first-order valence-electron chi connectivity index (χ1n) is 9.80. The molecule has 0 radical (unpaired) electrons. The zero-order valence-electron chi connectivity index (χ0n) is 16.7. The van der Waals surface area contributed by atoms with Crippen LogP contribution in [0.5, 0.6) is 0 Å². The number of fused-ring (bicyclic) bond motifs is 2. The summed E-state index contributed by atoms with van der Waals surface area (Å²) in [6.07, 6.45) is 2.76. The molecule has 6 nitrogen and oxygen atoms in total. The van der Waals surface area contributed by atoms with E-state index in [-0.39, 0.29) is 6.42 Å². The van der Waals surface area contributed by atoms with Crippen LogP contribution in [-0.4, -0.2) is 24.2 Å². The fourth-order valence-corrected chi connectivity index (χ4v) is 3.30. The lowest BCUT2D eigenvalue weighted by atomic mass is 10.1. The maximum absolute atomic E-state index is 12.0. The molecule has 0 aliphatic rings. The van der Waals surface area contributed by atoms with Crippen molar-refractivity contribution in [2.45, 2.75) is 6.42 Å². The largest absolute Gasteiger partial charge is 0.273 e. The van der Waals surface area contributed by atoms with Gasteiger partial charge in [0.1, 0.15) is 6.42 Å². The minimum Gasteiger partial charge on any atom is -0.273 e. The van der Waals surface area contributed by atoms with Gasteiger partial charge in [-0.15, -0.1) is 0 Å². The fourth-order valence-electron chi connectivity index (χ4n) is 3.30. The Morgan fingerprint density at radius 1 is 0.613 bits per heavy atom. The molecule has 31 heavy (non-hydrogen) atoms. The van der Waals surface area contributed by atoms with E-state index >= 15 is 0 Å². The van der Waals surface area contributed by atoms with Gasteiger partial charge in [-0.3, -0.25) is 9.59 Å². The molecule has 0 unspecified atom stereocenters. The van der Waals surface area contributed by atoms with Crippen LogP contribution < -0.4 is 10.9 Å². The summed E-state index contributed by atoms with van der Waals surface area (Å²) in [4.78, 5) is 24.0. The Labute approximate surface area is 179 Å². The Morgan fingerprint density at radius 3 is 1.52 bits per heavy atom. The third kappa shape index (κ3) is 5.00. The Hall–Kier alpha value is -4.32. The molecule has 2 N–H and O–H groups in total. The quantitative estimate of drug-likeness (QED) is 0.287. The van der Waals surface area contributed by atoms with Gasteiger partial charge < -0.3 is 0 Å². The number of hydrazone groups is 2. The maximum Gasteiger partial charge on any atom is 0.249 e. The molecule has 2 amide bonds. The number of nitrogens with zero attached hydrogens (tertiary/aromatic N) is 2. The van der Waals surface area contributed by atoms with Gasteiger partial charge in [-0.05, 0) is 21.5 Å². The predicted octanol–water partition coefficient (Wildman–Crippen LogP) is 3.98. The van der Waals surface area contributed by atoms with Crippen LogP contribution in [0, 0.1) is 0 Å². The van der Waals surface area contributed by atoms with Crippen molar-refractivity contribution in [2.75, 3.05) is 0 Å². The first-order chi connectivity index (χ1) is 15.2. The molecule has 0 fully saturated rings. The minimum atomic E-state index is -0.519. The first-order valence-corrected chi connectivity index (χ1v) is 9.80. The number of hydrogen-bond acceptors (Lipinski definition) is 4. The molecule has 0 bridgehead atoms. The number of rotatable bonds is 6. The molecule has 0 aromatic heterocycles. The van der Waals surface area contributed by atoms with Crippen molar-refractivity contribution in [1.82, 2.24) is 10.9 Å². The van der Waals surface area contributed by atoms with E-state index in [9.17, 15) is 9.59 Å². The normalized spacial score (nSPS) is 11.4. The highest BCUT2D eigenvalue weighted by Crippen LogP contribution is 2.17. The average molecular weight is 408 g/mol. The Morgan fingerprint density at radius 2 is 1.03 bits per heavy atom. The van der Waals surface area contributed by atoms with Crippen molar-refractivity contribution in [1.29, 1.82) is 0 Å². The van der Waals surface area contributed by atoms with Crippen LogP contribution in [0.25, 0.3) is 21.5 Å². The topological polar surface area (TPSA) is 82.9 Å². The van der Waals surface area contributed by atoms with Crippen molar-refractivity contribution >= 4 is 45.8 Å². The van der Waals surface area contributed by atoms with E-state index in [4.69, 9.17) is 0 Å². The van der Waals surface area contributed by atoms with E-state index in [1.807, 2.05) is 84.9 Å². The second-order valence-electron chi connectivity index (χ2n) is 6.90.